The first-order valence-electron chi connectivity index (χ1n) is 6.46. The van der Waals surface area contributed by atoms with Gasteiger partial charge in [0.05, 0.1) is 12.2 Å². The van der Waals surface area contributed by atoms with Crippen LogP contribution in [0.3, 0.4) is 0 Å². The second-order valence-corrected chi connectivity index (χ2v) is 4.94. The molecule has 0 saturated heterocycles. The van der Waals surface area contributed by atoms with E-state index in [0.29, 0.717) is 31.2 Å². The van der Waals surface area contributed by atoms with Crippen LogP contribution >= 0.6 is 0 Å². The maximum Gasteiger partial charge on any atom is 0.0836 e. The highest BCUT2D eigenvalue weighted by molar-refractivity contribution is 5.12. The Bertz CT molecular complexity index is 275. The first kappa shape index (κ1) is 14.4. The van der Waals surface area contributed by atoms with Crippen molar-refractivity contribution in [2.24, 2.45) is 17.6 Å². The molecule has 98 valence electrons. The molecule has 1 aliphatic rings. The van der Waals surface area contributed by atoms with E-state index in [1.165, 1.54) is 5.57 Å². The Morgan fingerprint density at radius 2 is 2.18 bits per heavy atom. The normalized spacial score (nSPS) is 33.6. The number of aliphatic hydroxyl groups is 2. The number of aliphatic hydroxyl groups excluding tert-OH is 2. The maximum atomic E-state index is 9.75. The summed E-state index contributed by atoms with van der Waals surface area (Å²) in [5.41, 5.74) is 6.83. The molecule has 0 aliphatic heterocycles. The van der Waals surface area contributed by atoms with Gasteiger partial charge in [0.1, 0.15) is 0 Å². The van der Waals surface area contributed by atoms with Gasteiger partial charge in [0, 0.05) is 0 Å². The quantitative estimate of drug-likeness (QED) is 0.638. The van der Waals surface area contributed by atoms with E-state index in [9.17, 15) is 10.2 Å². The highest BCUT2D eigenvalue weighted by Gasteiger charge is 2.31. The summed E-state index contributed by atoms with van der Waals surface area (Å²) in [6, 6.07) is 0. The van der Waals surface area contributed by atoms with Crippen LogP contribution in [-0.4, -0.2) is 29.0 Å². The molecule has 0 aromatic carbocycles. The summed E-state index contributed by atoms with van der Waals surface area (Å²) in [4.78, 5) is 0. The van der Waals surface area contributed by atoms with Crippen molar-refractivity contribution in [3.63, 3.8) is 0 Å². The van der Waals surface area contributed by atoms with Crippen LogP contribution in [0.1, 0.15) is 32.6 Å². The summed E-state index contributed by atoms with van der Waals surface area (Å²) in [6.45, 7) is 6.51. The second-order valence-electron chi connectivity index (χ2n) is 4.94. The molecule has 3 heteroatoms. The highest BCUT2D eigenvalue weighted by Crippen LogP contribution is 2.35. The third kappa shape index (κ3) is 3.95. The summed E-state index contributed by atoms with van der Waals surface area (Å²) in [5, 5.41) is 19.4. The third-order valence-corrected chi connectivity index (χ3v) is 3.77. The molecule has 0 bridgehead atoms. The van der Waals surface area contributed by atoms with E-state index in [4.69, 9.17) is 5.73 Å². The van der Waals surface area contributed by atoms with Gasteiger partial charge in [-0.05, 0) is 51.0 Å². The largest absolute Gasteiger partial charge is 0.390 e. The number of hydrogen-bond donors (Lipinski definition) is 3. The van der Waals surface area contributed by atoms with Gasteiger partial charge in [-0.15, -0.1) is 6.58 Å². The average molecular weight is 239 g/mol. The van der Waals surface area contributed by atoms with Crippen molar-refractivity contribution in [2.45, 2.75) is 44.8 Å². The minimum absolute atomic E-state index is 0.355. The Morgan fingerprint density at radius 1 is 1.47 bits per heavy atom. The van der Waals surface area contributed by atoms with E-state index in [-0.39, 0.29) is 0 Å². The van der Waals surface area contributed by atoms with Gasteiger partial charge in [0.15, 0.2) is 0 Å². The van der Waals surface area contributed by atoms with Crippen LogP contribution in [0.2, 0.25) is 0 Å². The lowest BCUT2D eigenvalue weighted by Crippen LogP contribution is -2.35. The van der Waals surface area contributed by atoms with Gasteiger partial charge < -0.3 is 15.9 Å². The predicted octanol–water partition coefficient (Wildman–Crippen LogP) is 1.61. The summed E-state index contributed by atoms with van der Waals surface area (Å²) in [6.07, 6.45) is 5.99. The topological polar surface area (TPSA) is 66.5 Å². The SMILES string of the molecule is C=CC(CCN)CC1CC(O)C(O)CC1=CC. The Hall–Kier alpha value is -0.640. The van der Waals surface area contributed by atoms with Gasteiger partial charge in [0.25, 0.3) is 0 Å². The molecular formula is C14H25NO2. The molecule has 0 radical (unpaired) electrons. The predicted molar refractivity (Wildman–Crippen MR) is 70.5 cm³/mol. The Balaban J connectivity index is 2.64. The monoisotopic (exact) mass is 239 g/mol. The Morgan fingerprint density at radius 3 is 2.71 bits per heavy atom. The van der Waals surface area contributed by atoms with Crippen LogP contribution in [0, 0.1) is 11.8 Å². The van der Waals surface area contributed by atoms with E-state index in [2.05, 4.69) is 12.7 Å². The molecule has 1 saturated carbocycles. The van der Waals surface area contributed by atoms with Crippen molar-refractivity contribution < 1.29 is 10.2 Å². The summed E-state index contributed by atoms with van der Waals surface area (Å²) in [5.74, 6) is 0.760. The van der Waals surface area contributed by atoms with Crippen LogP contribution in [0.25, 0.3) is 0 Å². The Kier molecular flexibility index (Phi) is 5.89. The Labute approximate surface area is 104 Å². The molecule has 4 unspecified atom stereocenters. The zero-order chi connectivity index (χ0) is 12.8. The van der Waals surface area contributed by atoms with Gasteiger partial charge in [-0.3, -0.25) is 0 Å². The maximum absolute atomic E-state index is 9.75. The zero-order valence-corrected chi connectivity index (χ0v) is 10.7. The van der Waals surface area contributed by atoms with Gasteiger partial charge in [-0.1, -0.05) is 17.7 Å². The van der Waals surface area contributed by atoms with E-state index in [1.54, 1.807) is 0 Å². The van der Waals surface area contributed by atoms with Gasteiger partial charge in [-0.25, -0.2) is 0 Å². The minimum atomic E-state index is -0.603. The van der Waals surface area contributed by atoms with Gasteiger partial charge in [0.2, 0.25) is 0 Å². The fourth-order valence-electron chi connectivity index (χ4n) is 2.66. The van der Waals surface area contributed by atoms with E-state index in [0.717, 1.165) is 12.8 Å². The minimum Gasteiger partial charge on any atom is -0.390 e. The molecule has 1 aliphatic carbocycles. The smallest absolute Gasteiger partial charge is 0.0836 e. The van der Waals surface area contributed by atoms with Gasteiger partial charge in [-0.2, -0.15) is 0 Å². The van der Waals surface area contributed by atoms with E-state index < -0.39 is 12.2 Å². The molecule has 1 fully saturated rings. The molecule has 0 amide bonds. The molecular weight excluding hydrogens is 214 g/mol. The van der Waals surface area contributed by atoms with E-state index >= 15 is 0 Å². The third-order valence-electron chi connectivity index (χ3n) is 3.77. The first-order valence-corrected chi connectivity index (χ1v) is 6.46. The van der Waals surface area contributed by atoms with Crippen molar-refractivity contribution in [3.8, 4) is 0 Å². The first-order chi connectivity index (χ1) is 8.12. The lowest BCUT2D eigenvalue weighted by Gasteiger charge is -2.34. The van der Waals surface area contributed by atoms with Crippen LogP contribution < -0.4 is 5.73 Å². The molecule has 0 aromatic rings. The van der Waals surface area contributed by atoms with Crippen LogP contribution in [0.5, 0.6) is 0 Å². The second kappa shape index (κ2) is 6.94. The molecule has 1 rings (SSSR count). The van der Waals surface area contributed by atoms with Crippen molar-refractivity contribution in [3.05, 3.63) is 24.3 Å². The molecule has 0 heterocycles. The lowest BCUT2D eigenvalue weighted by molar-refractivity contribution is -0.0102. The number of rotatable bonds is 5. The fraction of sp³-hybridized carbons (Fsp3) is 0.714. The summed E-state index contributed by atoms with van der Waals surface area (Å²) in [7, 11) is 0. The number of allylic oxidation sites excluding steroid dienone is 2. The lowest BCUT2D eigenvalue weighted by atomic mass is 9.76. The molecule has 4 atom stereocenters. The molecule has 17 heavy (non-hydrogen) atoms. The number of nitrogens with two attached hydrogens (primary N) is 1. The van der Waals surface area contributed by atoms with Crippen LogP contribution in [0.15, 0.2) is 24.3 Å². The van der Waals surface area contributed by atoms with Crippen molar-refractivity contribution in [1.82, 2.24) is 0 Å². The zero-order valence-electron chi connectivity index (χ0n) is 10.7. The standard InChI is InChI=1S/C14H25NO2/c1-3-10(5-6-15)7-12-9-14(17)13(16)8-11(12)4-2/h3-4,10,12-14,16-17H,1,5-9,15H2,2H3. The molecule has 0 aromatic heterocycles. The summed E-state index contributed by atoms with van der Waals surface area (Å²) >= 11 is 0. The highest BCUT2D eigenvalue weighted by atomic mass is 16.3. The van der Waals surface area contributed by atoms with Crippen molar-refractivity contribution >= 4 is 0 Å². The molecule has 4 N–H and O–H groups in total. The van der Waals surface area contributed by atoms with Crippen molar-refractivity contribution in [2.75, 3.05) is 6.54 Å². The fourth-order valence-corrected chi connectivity index (χ4v) is 2.66. The van der Waals surface area contributed by atoms with Crippen LogP contribution in [0.4, 0.5) is 0 Å². The molecule has 0 spiro atoms. The average Bonchev–Trinajstić information content (AvgIpc) is 2.32. The van der Waals surface area contributed by atoms with Crippen LogP contribution in [-0.2, 0) is 0 Å². The number of hydrogen-bond acceptors (Lipinski definition) is 3. The molecule has 3 nitrogen and oxygen atoms in total. The van der Waals surface area contributed by atoms with E-state index in [1.807, 2.05) is 13.0 Å². The van der Waals surface area contributed by atoms with Gasteiger partial charge >= 0.3 is 0 Å². The summed E-state index contributed by atoms with van der Waals surface area (Å²) < 4.78 is 0. The van der Waals surface area contributed by atoms with Crippen molar-refractivity contribution in [1.29, 1.82) is 0 Å².